The molecule has 0 unspecified atom stereocenters. The molecule has 1 amide bonds. The summed E-state index contributed by atoms with van der Waals surface area (Å²) in [4.78, 5) is 36.3. The maximum atomic E-state index is 12.8. The largest absolute Gasteiger partial charge is 0.459 e. The van der Waals surface area contributed by atoms with Crippen LogP contribution in [0.2, 0.25) is 0 Å². The molecule has 2 aromatic rings. The molecular weight excluding hydrogens is 370 g/mol. The SMILES string of the molecule is CC(C)OC(=O)c1cnc2[nH]ccc2c1N(C)[C@H]1CN(C(=O)CC#N)CC[C@H]1C. The van der Waals surface area contributed by atoms with Crippen molar-refractivity contribution in [3.05, 3.63) is 24.0 Å². The number of piperidine rings is 1. The highest BCUT2D eigenvalue weighted by Gasteiger charge is 2.34. The molecule has 1 aliphatic heterocycles. The number of fused-ring (bicyclic) bond motifs is 1. The molecular formula is C21H27N5O3. The van der Waals surface area contributed by atoms with E-state index in [1.807, 2.05) is 33.0 Å². The number of hydrogen-bond acceptors (Lipinski definition) is 6. The van der Waals surface area contributed by atoms with Crippen molar-refractivity contribution in [3.8, 4) is 6.07 Å². The normalized spacial score (nSPS) is 19.2. The molecule has 2 atom stereocenters. The lowest BCUT2D eigenvalue weighted by molar-refractivity contribution is -0.131. The summed E-state index contributed by atoms with van der Waals surface area (Å²) in [5.74, 6) is -0.264. The lowest BCUT2D eigenvalue weighted by atomic mass is 9.91. The number of esters is 1. The molecule has 0 spiro atoms. The van der Waals surface area contributed by atoms with Crippen LogP contribution in [0.25, 0.3) is 11.0 Å². The Morgan fingerprint density at radius 1 is 1.48 bits per heavy atom. The van der Waals surface area contributed by atoms with Crippen molar-refractivity contribution in [2.24, 2.45) is 5.92 Å². The van der Waals surface area contributed by atoms with E-state index in [0.29, 0.717) is 30.2 Å². The fourth-order valence-electron chi connectivity index (χ4n) is 3.93. The number of aromatic nitrogens is 2. The number of likely N-dealkylation sites (N-methyl/N-ethyl adjacent to an activating group) is 1. The molecule has 0 bridgehead atoms. The fourth-order valence-corrected chi connectivity index (χ4v) is 3.93. The van der Waals surface area contributed by atoms with Crippen LogP contribution in [0.15, 0.2) is 18.5 Å². The van der Waals surface area contributed by atoms with Crippen molar-refractivity contribution in [2.75, 3.05) is 25.0 Å². The average Bonchev–Trinajstić information content (AvgIpc) is 3.15. The van der Waals surface area contributed by atoms with E-state index in [2.05, 4.69) is 21.8 Å². The first-order valence-electron chi connectivity index (χ1n) is 9.88. The van der Waals surface area contributed by atoms with Gasteiger partial charge in [-0.3, -0.25) is 4.79 Å². The Bertz CT molecular complexity index is 945. The molecule has 0 aliphatic carbocycles. The molecule has 0 aromatic carbocycles. The summed E-state index contributed by atoms with van der Waals surface area (Å²) >= 11 is 0. The minimum Gasteiger partial charge on any atom is -0.459 e. The molecule has 1 N–H and O–H groups in total. The van der Waals surface area contributed by atoms with Gasteiger partial charge in [0.2, 0.25) is 5.91 Å². The number of nitriles is 1. The first kappa shape index (κ1) is 20.6. The molecule has 154 valence electrons. The molecule has 0 radical (unpaired) electrons. The van der Waals surface area contributed by atoms with Gasteiger partial charge in [0.15, 0.2) is 0 Å². The van der Waals surface area contributed by atoms with E-state index in [9.17, 15) is 9.59 Å². The Hall–Kier alpha value is -3.08. The van der Waals surface area contributed by atoms with E-state index in [-0.39, 0.29) is 24.5 Å². The van der Waals surface area contributed by atoms with E-state index in [1.165, 1.54) is 0 Å². The highest BCUT2D eigenvalue weighted by Crippen LogP contribution is 2.34. The number of carbonyl (C=O) groups excluding carboxylic acids is 2. The lowest BCUT2D eigenvalue weighted by Crippen LogP contribution is -2.52. The standard InChI is InChI=1S/C21H27N5O3/c1-13(2)29-21(28)16-11-24-20-15(6-9-23-20)19(16)25(4)17-12-26(10-7-14(17)3)18(27)5-8-22/h6,9,11,13-14,17H,5,7,10,12H2,1-4H3,(H,23,24)/t14-,17+/m1/s1. The van der Waals surface area contributed by atoms with E-state index in [4.69, 9.17) is 10.00 Å². The third kappa shape index (κ3) is 4.19. The third-order valence-corrected chi connectivity index (χ3v) is 5.47. The van der Waals surface area contributed by atoms with Crippen LogP contribution in [0, 0.1) is 17.2 Å². The first-order chi connectivity index (χ1) is 13.8. The maximum absolute atomic E-state index is 12.8. The predicted molar refractivity (Wildman–Crippen MR) is 109 cm³/mol. The van der Waals surface area contributed by atoms with Gasteiger partial charge < -0.3 is 19.5 Å². The summed E-state index contributed by atoms with van der Waals surface area (Å²) in [6.45, 7) is 6.92. The van der Waals surface area contributed by atoms with Crippen molar-refractivity contribution >= 4 is 28.6 Å². The molecule has 8 heteroatoms. The number of nitrogens with one attached hydrogen (secondary N) is 1. The van der Waals surface area contributed by atoms with Gasteiger partial charge in [-0.1, -0.05) is 6.92 Å². The molecule has 2 aromatic heterocycles. The van der Waals surface area contributed by atoms with Crippen LogP contribution < -0.4 is 4.90 Å². The summed E-state index contributed by atoms with van der Waals surface area (Å²) in [5.41, 5.74) is 1.84. The molecule has 1 saturated heterocycles. The van der Waals surface area contributed by atoms with E-state index >= 15 is 0 Å². The van der Waals surface area contributed by atoms with Crippen LogP contribution in [0.5, 0.6) is 0 Å². The smallest absolute Gasteiger partial charge is 0.342 e. The zero-order valence-corrected chi connectivity index (χ0v) is 17.3. The minimum absolute atomic E-state index is 0.00232. The predicted octanol–water partition coefficient (Wildman–Crippen LogP) is 2.71. The van der Waals surface area contributed by atoms with Gasteiger partial charge in [0.05, 0.1) is 17.9 Å². The number of nitrogens with zero attached hydrogens (tertiary/aromatic N) is 4. The van der Waals surface area contributed by atoms with Crippen molar-refractivity contribution in [3.63, 3.8) is 0 Å². The molecule has 3 heterocycles. The number of aromatic amines is 1. The molecule has 8 nitrogen and oxygen atoms in total. The number of pyridine rings is 1. The molecule has 29 heavy (non-hydrogen) atoms. The Balaban J connectivity index is 1.99. The quantitative estimate of drug-likeness (QED) is 0.778. The molecule has 0 saturated carbocycles. The van der Waals surface area contributed by atoms with Crippen LogP contribution in [-0.2, 0) is 9.53 Å². The molecule has 3 rings (SSSR count). The highest BCUT2D eigenvalue weighted by atomic mass is 16.5. The zero-order valence-electron chi connectivity index (χ0n) is 17.3. The van der Waals surface area contributed by atoms with Gasteiger partial charge in [-0.2, -0.15) is 5.26 Å². The molecule has 1 aliphatic rings. The third-order valence-electron chi connectivity index (χ3n) is 5.47. The number of carbonyl (C=O) groups is 2. The van der Waals surface area contributed by atoms with Gasteiger partial charge >= 0.3 is 5.97 Å². The fraction of sp³-hybridized carbons (Fsp3) is 0.524. The van der Waals surface area contributed by atoms with Crippen LogP contribution in [0.1, 0.15) is 44.0 Å². The van der Waals surface area contributed by atoms with Gasteiger partial charge in [0, 0.05) is 44.0 Å². The number of likely N-dealkylation sites (tertiary alicyclic amines) is 1. The molecule has 1 fully saturated rings. The van der Waals surface area contributed by atoms with Gasteiger partial charge in [0.25, 0.3) is 0 Å². The van der Waals surface area contributed by atoms with Gasteiger partial charge in [0.1, 0.15) is 17.6 Å². The summed E-state index contributed by atoms with van der Waals surface area (Å²) in [6, 6.07) is 3.83. The zero-order chi connectivity index (χ0) is 21.1. The second-order valence-electron chi connectivity index (χ2n) is 7.83. The topological polar surface area (TPSA) is 102 Å². The lowest BCUT2D eigenvalue weighted by Gasteiger charge is -2.43. The Morgan fingerprint density at radius 3 is 2.93 bits per heavy atom. The van der Waals surface area contributed by atoms with Gasteiger partial charge in [-0.15, -0.1) is 0 Å². The van der Waals surface area contributed by atoms with Crippen LogP contribution in [0.4, 0.5) is 5.69 Å². The summed E-state index contributed by atoms with van der Waals surface area (Å²) in [7, 11) is 1.94. The number of amides is 1. The van der Waals surface area contributed by atoms with Crippen molar-refractivity contribution in [2.45, 2.75) is 45.8 Å². The van der Waals surface area contributed by atoms with Gasteiger partial charge in [-0.05, 0) is 32.3 Å². The van der Waals surface area contributed by atoms with Crippen molar-refractivity contribution < 1.29 is 14.3 Å². The second-order valence-corrected chi connectivity index (χ2v) is 7.83. The Morgan fingerprint density at radius 2 is 2.24 bits per heavy atom. The minimum atomic E-state index is -0.418. The second kappa shape index (κ2) is 8.52. The number of rotatable bonds is 5. The first-order valence-corrected chi connectivity index (χ1v) is 9.88. The number of hydrogen-bond donors (Lipinski definition) is 1. The number of anilines is 1. The average molecular weight is 397 g/mol. The summed E-state index contributed by atoms with van der Waals surface area (Å²) < 4.78 is 5.44. The van der Waals surface area contributed by atoms with E-state index in [0.717, 1.165) is 17.5 Å². The van der Waals surface area contributed by atoms with Crippen LogP contribution >= 0.6 is 0 Å². The maximum Gasteiger partial charge on any atom is 0.342 e. The summed E-state index contributed by atoms with van der Waals surface area (Å²) in [5, 5.41) is 9.70. The van der Waals surface area contributed by atoms with Crippen LogP contribution in [0.3, 0.4) is 0 Å². The van der Waals surface area contributed by atoms with Crippen LogP contribution in [-0.4, -0.2) is 59.0 Å². The van der Waals surface area contributed by atoms with E-state index in [1.54, 1.807) is 17.3 Å². The number of H-pyrrole nitrogens is 1. The highest BCUT2D eigenvalue weighted by molar-refractivity contribution is 6.04. The Labute approximate surface area is 170 Å². The summed E-state index contributed by atoms with van der Waals surface area (Å²) in [6.07, 6.45) is 3.81. The van der Waals surface area contributed by atoms with E-state index < -0.39 is 5.97 Å². The number of ether oxygens (including phenoxy) is 1. The Kier molecular flexibility index (Phi) is 6.06. The van der Waals surface area contributed by atoms with Crippen molar-refractivity contribution in [1.29, 1.82) is 5.26 Å². The van der Waals surface area contributed by atoms with Gasteiger partial charge in [-0.25, -0.2) is 9.78 Å². The van der Waals surface area contributed by atoms with Crippen molar-refractivity contribution in [1.82, 2.24) is 14.9 Å². The monoisotopic (exact) mass is 397 g/mol.